The van der Waals surface area contributed by atoms with E-state index in [4.69, 9.17) is 0 Å². The number of hydrogen-bond donors (Lipinski definition) is 0. The standard InChI is InChI=1S/C7H10N2/c1-2-7-5-3-4(5)6(1)8-9-7/h4-7H,1-3H2/t4-,5-,6+,7+/m0/s1. The van der Waals surface area contributed by atoms with E-state index in [0.717, 1.165) is 11.8 Å². The Morgan fingerprint density at radius 2 is 1.44 bits per heavy atom. The maximum absolute atomic E-state index is 4.25. The molecule has 2 fully saturated rings. The zero-order chi connectivity index (χ0) is 5.84. The highest BCUT2D eigenvalue weighted by molar-refractivity contribution is 5.07. The number of hydrogen-bond acceptors (Lipinski definition) is 2. The van der Waals surface area contributed by atoms with E-state index in [2.05, 4.69) is 10.2 Å². The second-order valence-corrected chi connectivity index (χ2v) is 3.51. The molecule has 4 rings (SSSR count). The molecule has 2 heteroatoms. The lowest BCUT2D eigenvalue weighted by Gasteiger charge is -2.26. The molecular formula is C7H10N2. The van der Waals surface area contributed by atoms with Crippen LogP contribution in [-0.2, 0) is 0 Å². The molecule has 0 unspecified atom stereocenters. The lowest BCUT2D eigenvalue weighted by atomic mass is 9.91. The molecule has 2 nitrogen and oxygen atoms in total. The van der Waals surface area contributed by atoms with E-state index >= 15 is 0 Å². The first kappa shape index (κ1) is 4.42. The van der Waals surface area contributed by atoms with Gasteiger partial charge in [0.1, 0.15) is 0 Å². The lowest BCUT2D eigenvalue weighted by molar-refractivity contribution is 0.306. The maximum atomic E-state index is 4.25. The molecule has 0 radical (unpaired) electrons. The first-order valence-electron chi connectivity index (χ1n) is 3.85. The second-order valence-electron chi connectivity index (χ2n) is 3.51. The Balaban J connectivity index is 2.05. The van der Waals surface area contributed by atoms with Gasteiger partial charge in [-0.3, -0.25) is 0 Å². The number of azo groups is 1. The Kier molecular flexibility index (Phi) is 0.590. The molecule has 0 saturated heterocycles. The van der Waals surface area contributed by atoms with Gasteiger partial charge in [-0.05, 0) is 31.1 Å². The summed E-state index contributed by atoms with van der Waals surface area (Å²) in [5.41, 5.74) is 0. The summed E-state index contributed by atoms with van der Waals surface area (Å²) in [6.07, 6.45) is 4.09. The van der Waals surface area contributed by atoms with Gasteiger partial charge < -0.3 is 0 Å². The van der Waals surface area contributed by atoms with Crippen molar-refractivity contribution in [2.75, 3.05) is 0 Å². The Bertz CT molecular complexity index is 158. The van der Waals surface area contributed by atoms with E-state index in [-0.39, 0.29) is 0 Å². The van der Waals surface area contributed by atoms with Crippen LogP contribution >= 0.6 is 0 Å². The summed E-state index contributed by atoms with van der Waals surface area (Å²) in [5, 5.41) is 8.49. The van der Waals surface area contributed by atoms with Crippen LogP contribution in [0.2, 0.25) is 0 Å². The quantitative estimate of drug-likeness (QED) is 0.466. The van der Waals surface area contributed by atoms with Crippen LogP contribution in [0.1, 0.15) is 19.3 Å². The van der Waals surface area contributed by atoms with Crippen LogP contribution in [0.3, 0.4) is 0 Å². The molecule has 0 N–H and O–H groups in total. The Morgan fingerprint density at radius 1 is 0.889 bits per heavy atom. The third-order valence-electron chi connectivity index (χ3n) is 3.00. The third-order valence-corrected chi connectivity index (χ3v) is 3.00. The van der Waals surface area contributed by atoms with Gasteiger partial charge in [-0.25, -0.2) is 0 Å². The van der Waals surface area contributed by atoms with Crippen molar-refractivity contribution in [2.24, 2.45) is 22.1 Å². The van der Waals surface area contributed by atoms with Crippen molar-refractivity contribution in [3.8, 4) is 0 Å². The molecule has 9 heavy (non-hydrogen) atoms. The van der Waals surface area contributed by atoms with Gasteiger partial charge in [0.15, 0.2) is 0 Å². The van der Waals surface area contributed by atoms with Crippen LogP contribution in [0.25, 0.3) is 0 Å². The van der Waals surface area contributed by atoms with Crippen LogP contribution in [0.5, 0.6) is 0 Å². The molecular weight excluding hydrogens is 112 g/mol. The summed E-state index contributed by atoms with van der Waals surface area (Å²) in [4.78, 5) is 0. The topological polar surface area (TPSA) is 24.7 Å². The molecule has 0 aromatic rings. The van der Waals surface area contributed by atoms with E-state index in [9.17, 15) is 0 Å². The minimum atomic E-state index is 0.653. The van der Waals surface area contributed by atoms with Crippen molar-refractivity contribution < 1.29 is 0 Å². The van der Waals surface area contributed by atoms with E-state index in [1.165, 1.54) is 19.3 Å². The van der Waals surface area contributed by atoms with Gasteiger partial charge in [0.25, 0.3) is 0 Å². The minimum absolute atomic E-state index is 0.653. The lowest BCUT2D eigenvalue weighted by Crippen LogP contribution is -2.27. The summed E-state index contributed by atoms with van der Waals surface area (Å²) < 4.78 is 0. The fraction of sp³-hybridized carbons (Fsp3) is 1.00. The van der Waals surface area contributed by atoms with Crippen molar-refractivity contribution in [1.29, 1.82) is 0 Å². The minimum Gasteiger partial charge on any atom is -0.190 e. The summed E-state index contributed by atoms with van der Waals surface area (Å²) >= 11 is 0. The molecule has 4 atom stereocenters. The Labute approximate surface area is 54.4 Å². The average molecular weight is 122 g/mol. The van der Waals surface area contributed by atoms with E-state index in [1.54, 1.807) is 0 Å². The van der Waals surface area contributed by atoms with Gasteiger partial charge in [0.05, 0.1) is 12.1 Å². The summed E-state index contributed by atoms with van der Waals surface area (Å²) in [6, 6.07) is 1.31. The summed E-state index contributed by atoms with van der Waals surface area (Å²) in [5.74, 6) is 1.95. The number of rotatable bonds is 0. The summed E-state index contributed by atoms with van der Waals surface area (Å²) in [7, 11) is 0. The van der Waals surface area contributed by atoms with Gasteiger partial charge in [-0.15, -0.1) is 0 Å². The smallest absolute Gasteiger partial charge is 0.0740 e. The van der Waals surface area contributed by atoms with E-state index in [1.807, 2.05) is 0 Å². The Morgan fingerprint density at radius 3 is 1.78 bits per heavy atom. The fourth-order valence-corrected chi connectivity index (χ4v) is 2.35. The zero-order valence-electron chi connectivity index (χ0n) is 5.33. The first-order chi connectivity index (χ1) is 4.45. The molecule has 0 aromatic carbocycles. The van der Waals surface area contributed by atoms with Crippen LogP contribution in [-0.4, -0.2) is 12.1 Å². The van der Waals surface area contributed by atoms with Crippen molar-refractivity contribution in [1.82, 2.24) is 0 Å². The molecule has 0 amide bonds. The predicted molar refractivity (Wildman–Crippen MR) is 33.3 cm³/mol. The van der Waals surface area contributed by atoms with E-state index < -0.39 is 0 Å². The zero-order valence-corrected chi connectivity index (χ0v) is 5.33. The molecule has 2 bridgehead atoms. The van der Waals surface area contributed by atoms with Crippen molar-refractivity contribution in [3.63, 3.8) is 0 Å². The molecule has 2 aliphatic heterocycles. The van der Waals surface area contributed by atoms with E-state index in [0.29, 0.717) is 12.1 Å². The predicted octanol–water partition coefficient (Wildman–Crippen LogP) is 1.62. The molecule has 0 spiro atoms. The molecule has 2 heterocycles. The Hall–Kier alpha value is -0.400. The molecule has 0 aromatic heterocycles. The van der Waals surface area contributed by atoms with Gasteiger partial charge in [-0.1, -0.05) is 0 Å². The normalized spacial score (nSPS) is 59.6. The van der Waals surface area contributed by atoms with Crippen molar-refractivity contribution in [3.05, 3.63) is 0 Å². The molecule has 4 aliphatic rings. The van der Waals surface area contributed by atoms with Crippen LogP contribution < -0.4 is 0 Å². The monoisotopic (exact) mass is 122 g/mol. The summed E-state index contributed by atoms with van der Waals surface area (Å²) in [6.45, 7) is 0. The first-order valence-corrected chi connectivity index (χ1v) is 3.85. The van der Waals surface area contributed by atoms with Gasteiger partial charge in [0.2, 0.25) is 0 Å². The highest BCUT2D eigenvalue weighted by atomic mass is 15.2. The largest absolute Gasteiger partial charge is 0.190 e. The van der Waals surface area contributed by atoms with Gasteiger partial charge in [0, 0.05) is 0 Å². The third kappa shape index (κ3) is 0.428. The highest BCUT2D eigenvalue weighted by Gasteiger charge is 2.53. The number of nitrogens with zero attached hydrogens (tertiary/aromatic N) is 2. The van der Waals surface area contributed by atoms with Crippen LogP contribution in [0.15, 0.2) is 10.2 Å². The SMILES string of the molecule is C1[C@H]2[C@H]1[C@H]1CC[C@H]2N=N1. The fourth-order valence-electron chi connectivity index (χ4n) is 2.35. The van der Waals surface area contributed by atoms with Crippen LogP contribution in [0, 0.1) is 11.8 Å². The van der Waals surface area contributed by atoms with Gasteiger partial charge in [-0.2, -0.15) is 10.2 Å². The van der Waals surface area contributed by atoms with Crippen LogP contribution in [0.4, 0.5) is 0 Å². The second kappa shape index (κ2) is 1.20. The van der Waals surface area contributed by atoms with Crippen molar-refractivity contribution >= 4 is 0 Å². The maximum Gasteiger partial charge on any atom is 0.0740 e. The number of fused-ring (bicyclic) bond motifs is 1. The molecule has 2 aliphatic carbocycles. The molecule has 2 saturated carbocycles. The highest BCUT2D eigenvalue weighted by Crippen LogP contribution is 2.54. The average Bonchev–Trinajstić information content (AvgIpc) is 2.68. The van der Waals surface area contributed by atoms with Crippen molar-refractivity contribution in [2.45, 2.75) is 31.3 Å². The molecule has 48 valence electrons. The van der Waals surface area contributed by atoms with Gasteiger partial charge >= 0.3 is 0 Å².